The summed E-state index contributed by atoms with van der Waals surface area (Å²) >= 11 is 0. The van der Waals surface area contributed by atoms with E-state index >= 15 is 9.59 Å². The Morgan fingerprint density at radius 2 is 1.37 bits per heavy atom. The summed E-state index contributed by atoms with van der Waals surface area (Å²) in [4.78, 5) is 126. The maximum absolute atomic E-state index is 15.8. The van der Waals surface area contributed by atoms with Crippen LogP contribution in [-0.2, 0) is 68.4 Å². The molecule has 0 spiro atoms. The normalized spacial score (nSPS) is 27.3. The highest BCUT2D eigenvalue weighted by Crippen LogP contribution is 2.64. The van der Waals surface area contributed by atoms with Gasteiger partial charge in [-0.3, -0.25) is 28.8 Å². The lowest BCUT2D eigenvalue weighted by Crippen LogP contribution is -2.82. The monoisotopic (exact) mass is 1140 g/mol. The lowest BCUT2D eigenvalue weighted by molar-refractivity contribution is -0.346. The predicted molar refractivity (Wildman–Crippen MR) is 293 cm³/mol. The Morgan fingerprint density at radius 3 is 1.94 bits per heavy atom. The quantitative estimate of drug-likeness (QED) is 0.0400. The highest BCUT2D eigenvalue weighted by molar-refractivity contribution is 5.96. The minimum absolute atomic E-state index is 0.00671. The Bertz CT molecular complexity index is 3140. The number of carboxylic acid groups (broad SMARTS) is 1. The molecule has 440 valence electrons. The number of ketones is 1. The number of amides is 2. The number of aliphatic hydroxyl groups is 2. The summed E-state index contributed by atoms with van der Waals surface area (Å²) < 4.78 is 36.9. The fraction of sp³-hybridized carbons (Fsp3) is 0.435. The van der Waals surface area contributed by atoms with E-state index in [1.54, 1.807) is 97.1 Å². The molecular weight excluding hydrogens is 1070 g/mol. The van der Waals surface area contributed by atoms with Crippen molar-refractivity contribution in [2.45, 2.75) is 146 Å². The molecule has 83 heavy (non-hydrogen) atoms. The van der Waals surface area contributed by atoms with E-state index in [0.717, 1.165) is 19.4 Å². The summed E-state index contributed by atoms with van der Waals surface area (Å²) in [6.45, 7) is 7.64. The Labute approximate surface area is 479 Å². The molecule has 7 N–H and O–H groups in total. The number of hydrogen-bond acceptors (Lipinski definition) is 18. The van der Waals surface area contributed by atoms with Gasteiger partial charge in [-0.2, -0.15) is 0 Å². The zero-order valence-corrected chi connectivity index (χ0v) is 46.8. The molecule has 3 fully saturated rings. The minimum atomic E-state index is -2.54. The molecule has 1 aliphatic heterocycles. The maximum atomic E-state index is 15.8. The van der Waals surface area contributed by atoms with Crippen molar-refractivity contribution in [3.63, 3.8) is 0 Å². The zero-order chi connectivity index (χ0) is 60.2. The van der Waals surface area contributed by atoms with Crippen molar-refractivity contribution in [1.82, 2.24) is 10.6 Å². The average molecular weight is 1140 g/mol. The second kappa shape index (κ2) is 24.8. The van der Waals surface area contributed by atoms with Crippen molar-refractivity contribution in [2.75, 3.05) is 6.61 Å². The van der Waals surface area contributed by atoms with E-state index in [1.165, 1.54) is 52.0 Å². The summed E-state index contributed by atoms with van der Waals surface area (Å²) in [7, 11) is 0. The summed E-state index contributed by atoms with van der Waals surface area (Å²) in [5.41, 5.74) is -1.12. The Balaban J connectivity index is 1.20. The van der Waals surface area contributed by atoms with E-state index in [0.29, 0.717) is 0 Å². The van der Waals surface area contributed by atoms with E-state index in [1.807, 2.05) is 0 Å². The second-order valence-corrected chi connectivity index (χ2v) is 22.4. The summed E-state index contributed by atoms with van der Waals surface area (Å²) in [5, 5.41) is 41.7. The summed E-state index contributed by atoms with van der Waals surface area (Å²) in [6, 6.07) is 28.3. The highest BCUT2D eigenvalue weighted by atomic mass is 16.6. The number of aliphatic carboxylic acids is 1. The van der Waals surface area contributed by atoms with Crippen LogP contribution >= 0.6 is 0 Å². The molecule has 1 saturated heterocycles. The number of benzene rings is 4. The van der Waals surface area contributed by atoms with Crippen LogP contribution in [0.3, 0.4) is 0 Å². The molecule has 21 heteroatoms. The number of esters is 5. The molecule has 2 saturated carbocycles. The van der Waals surface area contributed by atoms with Gasteiger partial charge in [-0.05, 0) is 79.6 Å². The van der Waals surface area contributed by atoms with E-state index in [-0.39, 0.29) is 60.1 Å². The number of hydrogen-bond donors (Lipinski definition) is 6. The third kappa shape index (κ3) is 12.2. The van der Waals surface area contributed by atoms with Crippen molar-refractivity contribution in [3.8, 4) is 0 Å². The van der Waals surface area contributed by atoms with Gasteiger partial charge in [-0.1, -0.05) is 111 Å². The van der Waals surface area contributed by atoms with E-state index < -0.39 is 149 Å². The summed E-state index contributed by atoms with van der Waals surface area (Å²) in [5.74, 6) is -10.7. The lowest BCUT2D eigenvalue weighted by Gasteiger charge is -2.67. The molecule has 1 heterocycles. The maximum Gasteiger partial charge on any atom is 0.350 e. The van der Waals surface area contributed by atoms with E-state index in [9.17, 15) is 48.9 Å². The smallest absolute Gasteiger partial charge is 0.350 e. The zero-order valence-electron chi connectivity index (χ0n) is 46.8. The molecule has 2 unspecified atom stereocenters. The molecule has 13 atom stereocenters. The molecule has 0 radical (unpaired) electrons. The molecule has 21 nitrogen and oxygen atoms in total. The second-order valence-electron chi connectivity index (χ2n) is 22.4. The van der Waals surface area contributed by atoms with Crippen molar-refractivity contribution in [1.29, 1.82) is 0 Å². The first-order valence-corrected chi connectivity index (χ1v) is 27.4. The highest BCUT2D eigenvalue weighted by Gasteiger charge is 2.78. The molecule has 4 aromatic carbocycles. The van der Waals surface area contributed by atoms with Crippen molar-refractivity contribution >= 4 is 53.4 Å². The van der Waals surface area contributed by atoms with Gasteiger partial charge in [0.15, 0.2) is 17.5 Å². The van der Waals surface area contributed by atoms with Crippen molar-refractivity contribution < 1.29 is 86.9 Å². The van der Waals surface area contributed by atoms with Gasteiger partial charge in [0.2, 0.25) is 12.0 Å². The molecule has 2 amide bonds. The van der Waals surface area contributed by atoms with Crippen molar-refractivity contribution in [3.05, 3.63) is 155 Å². The molecular formula is C62H69N3O18. The van der Waals surface area contributed by atoms with Crippen LogP contribution in [0, 0.1) is 16.7 Å². The van der Waals surface area contributed by atoms with Crippen LogP contribution in [0.5, 0.6) is 0 Å². The number of carboxylic acids is 1. The molecule has 0 aromatic heterocycles. The first-order valence-electron chi connectivity index (χ1n) is 27.4. The van der Waals surface area contributed by atoms with E-state index in [4.69, 9.17) is 34.2 Å². The number of nitrogens with one attached hydrogen (secondary N) is 2. The lowest BCUT2D eigenvalue weighted by atomic mass is 9.44. The number of fused-ring (bicyclic) bond motifs is 5. The van der Waals surface area contributed by atoms with Gasteiger partial charge in [-0.25, -0.2) is 14.4 Å². The molecule has 8 rings (SSSR count). The van der Waals surface area contributed by atoms with Gasteiger partial charge >= 0.3 is 35.8 Å². The number of carbonyl (C=O) groups is 9. The van der Waals surface area contributed by atoms with Crippen LogP contribution in [0.1, 0.15) is 112 Å². The minimum Gasteiger partial charge on any atom is -0.480 e. The average Bonchev–Trinajstić information content (AvgIpc) is 3.37. The van der Waals surface area contributed by atoms with Gasteiger partial charge in [0, 0.05) is 44.1 Å². The first kappa shape index (κ1) is 61.0. The number of nitrogens with two attached hydrogens (primary N) is 1. The number of ether oxygens (including phenoxy) is 6. The van der Waals surface area contributed by atoms with Gasteiger partial charge in [0.1, 0.15) is 36.0 Å². The number of rotatable bonds is 20. The standard InChI is InChI=1S/C62H69N3O18/c1-34-43(32-62(77)53(82-57(75)40-26-17-10-18-27-40)51-60(6,44(68)31-45-61(51,33-78-45)83-36(3)67)52(70)49(79-35(2)66)47(34)59(62,4)5)80-58(76)50(48(38-22-13-8-14-23-38)65-54(71)39-24-15-9-16-25-39)81-46(69)29-19-28-42(56(73)74)64-55(72)41(63)30-37-20-11-7-12-21-37/h7-18,20-27,41-45,48-51,53,68,77H,19,28-33,63H2,1-6H3,(H,64,72)(H,65,71)(H,73,74)/t41-,42-,43-,44-,45+,48-,49+,50+,51?,53?,60+,61-,62+/m0/s1. The van der Waals surface area contributed by atoms with Gasteiger partial charge in [0.25, 0.3) is 5.91 Å². The number of Topliss-reactive ketones (excluding diaryl/α,β-unsaturated/α-hetero) is 1. The number of aliphatic hydroxyl groups excluding tert-OH is 1. The first-order chi connectivity index (χ1) is 39.3. The molecule has 2 bridgehead atoms. The van der Waals surface area contributed by atoms with Crippen LogP contribution in [0.2, 0.25) is 0 Å². The van der Waals surface area contributed by atoms with Gasteiger partial charge < -0.3 is 60.1 Å². The van der Waals surface area contributed by atoms with Crippen molar-refractivity contribution in [2.24, 2.45) is 22.5 Å². The topological polar surface area (TPSA) is 320 Å². The Hall–Kier alpha value is -8.11. The van der Waals surface area contributed by atoms with Crippen LogP contribution in [-0.4, -0.2) is 135 Å². The molecule has 4 aromatic rings. The fourth-order valence-electron chi connectivity index (χ4n) is 12.4. The SMILES string of the molecule is CC(=O)O[C@H]1C(=O)[C@@]2(C)C(C(OC(=O)c3ccccc3)[C@]3(O)C[C@H](OC(=O)[C@H](OC(=O)CCC[C@H](NC(=O)[C@@H](N)Cc4ccccc4)C(=O)O)[C@@H](NC(=O)c4ccccc4)c4ccccc4)C(C)=C1C3(C)C)[C@]1(OC(C)=O)CO[C@@H]1C[C@@H]2O. The van der Waals surface area contributed by atoms with Crippen LogP contribution < -0.4 is 16.4 Å². The molecule has 4 aliphatic rings. The largest absolute Gasteiger partial charge is 0.480 e. The fourth-order valence-corrected chi connectivity index (χ4v) is 12.4. The van der Waals surface area contributed by atoms with Gasteiger partial charge in [0.05, 0.1) is 35.6 Å². The third-order valence-corrected chi connectivity index (χ3v) is 16.8. The Kier molecular flexibility index (Phi) is 18.2. The third-order valence-electron chi connectivity index (χ3n) is 16.8. The van der Waals surface area contributed by atoms with Crippen LogP contribution in [0.15, 0.2) is 132 Å². The van der Waals surface area contributed by atoms with Gasteiger partial charge in [-0.15, -0.1) is 0 Å². The van der Waals surface area contributed by atoms with Crippen LogP contribution in [0.4, 0.5) is 0 Å². The molecule has 3 aliphatic carbocycles. The number of carbonyl (C=O) groups excluding carboxylic acids is 8. The van der Waals surface area contributed by atoms with Crippen LogP contribution in [0.25, 0.3) is 0 Å². The predicted octanol–water partition coefficient (Wildman–Crippen LogP) is 4.60. The summed E-state index contributed by atoms with van der Waals surface area (Å²) in [6.07, 6.45) is -12.3. The van der Waals surface area contributed by atoms with E-state index in [2.05, 4.69) is 10.6 Å². The Morgan fingerprint density at radius 1 is 0.783 bits per heavy atom.